The van der Waals surface area contributed by atoms with Gasteiger partial charge in [0.1, 0.15) is 11.5 Å². The Morgan fingerprint density at radius 2 is 2.19 bits per heavy atom. The van der Waals surface area contributed by atoms with E-state index in [2.05, 4.69) is 15.5 Å². The minimum absolute atomic E-state index is 0.117. The largest absolute Gasteiger partial charge is 0.497 e. The summed E-state index contributed by atoms with van der Waals surface area (Å²) in [5, 5.41) is 11.9. The van der Waals surface area contributed by atoms with Gasteiger partial charge in [0.15, 0.2) is 5.82 Å². The number of ether oxygens (including phenoxy) is 3. The lowest BCUT2D eigenvalue weighted by Crippen LogP contribution is -2.13. The second-order valence-corrected chi connectivity index (χ2v) is 4.76. The van der Waals surface area contributed by atoms with E-state index in [0.29, 0.717) is 41.8 Å². The molecule has 21 heavy (non-hydrogen) atoms. The first-order valence-electron chi connectivity index (χ1n) is 6.62. The highest BCUT2D eigenvalue weighted by Gasteiger charge is 2.25. The van der Waals surface area contributed by atoms with Crippen molar-refractivity contribution in [3.05, 3.63) is 12.1 Å². The molecule has 8 nitrogen and oxygen atoms in total. The van der Waals surface area contributed by atoms with E-state index in [-0.39, 0.29) is 6.04 Å². The topological polar surface area (TPSA) is 97.3 Å². The predicted octanol–water partition coefficient (Wildman–Crippen LogP) is 0.901. The fourth-order valence-corrected chi connectivity index (χ4v) is 2.40. The van der Waals surface area contributed by atoms with Crippen molar-refractivity contribution in [1.82, 2.24) is 20.2 Å². The Bertz CT molecular complexity index is 637. The molecule has 1 atom stereocenters. The van der Waals surface area contributed by atoms with Gasteiger partial charge >= 0.3 is 0 Å². The van der Waals surface area contributed by atoms with Crippen LogP contribution in [-0.2, 0) is 4.74 Å². The molecule has 0 bridgehead atoms. The van der Waals surface area contributed by atoms with Crippen molar-refractivity contribution in [3.8, 4) is 22.9 Å². The fourth-order valence-electron chi connectivity index (χ4n) is 2.40. The minimum Gasteiger partial charge on any atom is -0.497 e. The summed E-state index contributed by atoms with van der Waals surface area (Å²) in [6.07, 6.45) is 0.874. The molecular weight excluding hydrogens is 274 g/mol. The summed E-state index contributed by atoms with van der Waals surface area (Å²) in [4.78, 5) is 0. The molecule has 1 aliphatic rings. The van der Waals surface area contributed by atoms with Crippen molar-refractivity contribution in [2.45, 2.75) is 12.5 Å². The van der Waals surface area contributed by atoms with Crippen molar-refractivity contribution in [1.29, 1.82) is 0 Å². The first-order valence-corrected chi connectivity index (χ1v) is 6.62. The lowest BCUT2D eigenvalue weighted by molar-refractivity contribution is 0.184. The highest BCUT2D eigenvalue weighted by atomic mass is 16.5. The van der Waals surface area contributed by atoms with Gasteiger partial charge < -0.3 is 19.9 Å². The van der Waals surface area contributed by atoms with Crippen LogP contribution in [0.1, 0.15) is 12.5 Å². The van der Waals surface area contributed by atoms with Gasteiger partial charge in [0.25, 0.3) is 0 Å². The van der Waals surface area contributed by atoms with Gasteiger partial charge in [-0.2, -0.15) is 0 Å². The number of rotatable bonds is 4. The summed E-state index contributed by atoms with van der Waals surface area (Å²) in [6, 6.07) is 3.65. The summed E-state index contributed by atoms with van der Waals surface area (Å²) in [7, 11) is 3.14. The van der Waals surface area contributed by atoms with E-state index >= 15 is 0 Å². The van der Waals surface area contributed by atoms with Crippen molar-refractivity contribution in [2.75, 3.05) is 33.2 Å². The number of tetrazole rings is 1. The van der Waals surface area contributed by atoms with Crippen LogP contribution >= 0.6 is 0 Å². The Morgan fingerprint density at radius 1 is 1.33 bits per heavy atom. The van der Waals surface area contributed by atoms with Crippen molar-refractivity contribution < 1.29 is 14.2 Å². The van der Waals surface area contributed by atoms with Gasteiger partial charge in [0, 0.05) is 12.7 Å². The molecule has 1 aromatic carbocycles. The predicted molar refractivity (Wildman–Crippen MR) is 75.2 cm³/mol. The first-order chi connectivity index (χ1) is 10.2. The van der Waals surface area contributed by atoms with Crippen molar-refractivity contribution in [2.24, 2.45) is 0 Å². The third kappa shape index (κ3) is 2.38. The molecule has 0 radical (unpaired) electrons. The van der Waals surface area contributed by atoms with E-state index in [1.54, 1.807) is 31.0 Å². The molecule has 3 rings (SSSR count). The van der Waals surface area contributed by atoms with E-state index in [1.165, 1.54) is 0 Å². The van der Waals surface area contributed by atoms with Crippen LogP contribution in [0.25, 0.3) is 11.4 Å². The van der Waals surface area contributed by atoms with E-state index in [9.17, 15) is 0 Å². The number of hydrogen-bond donors (Lipinski definition) is 1. The van der Waals surface area contributed by atoms with E-state index < -0.39 is 0 Å². The second-order valence-electron chi connectivity index (χ2n) is 4.76. The molecule has 0 amide bonds. The fraction of sp³-hybridized carbons (Fsp3) is 0.462. The Kier molecular flexibility index (Phi) is 3.61. The van der Waals surface area contributed by atoms with E-state index in [0.717, 1.165) is 6.42 Å². The zero-order valence-electron chi connectivity index (χ0n) is 11.9. The molecule has 0 spiro atoms. The van der Waals surface area contributed by atoms with Gasteiger partial charge in [-0.1, -0.05) is 0 Å². The molecule has 0 saturated carbocycles. The SMILES string of the molecule is COc1cc(OC)c(N)c(-c2nnnn2C2CCOC2)c1. The second kappa shape index (κ2) is 5.57. The number of anilines is 1. The summed E-state index contributed by atoms with van der Waals surface area (Å²) in [5.74, 6) is 1.75. The van der Waals surface area contributed by atoms with Gasteiger partial charge in [-0.3, -0.25) is 0 Å². The molecule has 2 aromatic rings. The molecular formula is C13H17N5O3. The number of nitrogen functional groups attached to an aromatic ring is 1. The average molecular weight is 291 g/mol. The first kappa shape index (κ1) is 13.6. The molecule has 1 unspecified atom stereocenters. The van der Waals surface area contributed by atoms with Crippen LogP contribution in [0.4, 0.5) is 5.69 Å². The zero-order chi connectivity index (χ0) is 14.8. The standard InChI is InChI=1S/C13H17N5O3/c1-19-9-5-10(12(14)11(6-9)20-2)13-15-16-17-18(13)8-3-4-21-7-8/h5-6,8H,3-4,7,14H2,1-2H3. The van der Waals surface area contributed by atoms with Crippen LogP contribution in [0.15, 0.2) is 12.1 Å². The van der Waals surface area contributed by atoms with E-state index in [4.69, 9.17) is 19.9 Å². The number of methoxy groups -OCH3 is 2. The quantitative estimate of drug-likeness (QED) is 0.836. The normalized spacial score (nSPS) is 17.9. The van der Waals surface area contributed by atoms with Crippen LogP contribution < -0.4 is 15.2 Å². The highest BCUT2D eigenvalue weighted by Crippen LogP contribution is 2.37. The van der Waals surface area contributed by atoms with Crippen LogP contribution in [0.2, 0.25) is 0 Å². The van der Waals surface area contributed by atoms with Gasteiger partial charge in [0.05, 0.1) is 38.1 Å². The monoisotopic (exact) mass is 291 g/mol. The molecule has 1 aromatic heterocycles. The molecule has 8 heteroatoms. The maximum absolute atomic E-state index is 6.16. The summed E-state index contributed by atoms with van der Waals surface area (Å²) >= 11 is 0. The molecule has 1 saturated heterocycles. The van der Waals surface area contributed by atoms with Crippen LogP contribution in [0.5, 0.6) is 11.5 Å². The van der Waals surface area contributed by atoms with Crippen LogP contribution in [0, 0.1) is 0 Å². The molecule has 1 aliphatic heterocycles. The smallest absolute Gasteiger partial charge is 0.184 e. The third-order valence-corrected chi connectivity index (χ3v) is 3.56. The Balaban J connectivity index is 2.10. The molecule has 112 valence electrons. The van der Waals surface area contributed by atoms with Gasteiger partial charge in [-0.05, 0) is 22.9 Å². The molecule has 2 heterocycles. The number of hydrogen-bond acceptors (Lipinski definition) is 7. The van der Waals surface area contributed by atoms with Gasteiger partial charge in [-0.25, -0.2) is 4.68 Å². The Morgan fingerprint density at radius 3 is 2.86 bits per heavy atom. The van der Waals surface area contributed by atoms with E-state index in [1.807, 2.05) is 0 Å². The summed E-state index contributed by atoms with van der Waals surface area (Å²) < 4.78 is 17.7. The lowest BCUT2D eigenvalue weighted by atomic mass is 10.1. The third-order valence-electron chi connectivity index (χ3n) is 3.56. The zero-order valence-corrected chi connectivity index (χ0v) is 11.9. The lowest BCUT2D eigenvalue weighted by Gasteiger charge is -2.14. The molecule has 0 aliphatic carbocycles. The number of nitrogens with two attached hydrogens (primary N) is 1. The number of aromatic nitrogens is 4. The summed E-state index contributed by atoms with van der Waals surface area (Å²) in [6.45, 7) is 1.31. The van der Waals surface area contributed by atoms with Crippen LogP contribution in [-0.4, -0.2) is 47.6 Å². The maximum Gasteiger partial charge on any atom is 0.184 e. The van der Waals surface area contributed by atoms with Crippen molar-refractivity contribution >= 4 is 5.69 Å². The van der Waals surface area contributed by atoms with Crippen LogP contribution in [0.3, 0.4) is 0 Å². The minimum atomic E-state index is 0.117. The average Bonchev–Trinajstić information content (AvgIpc) is 3.18. The Labute approximate surface area is 121 Å². The molecule has 1 fully saturated rings. The van der Waals surface area contributed by atoms with Gasteiger partial charge in [-0.15, -0.1) is 5.10 Å². The number of benzene rings is 1. The molecule has 2 N–H and O–H groups in total. The highest BCUT2D eigenvalue weighted by molar-refractivity contribution is 5.78. The number of nitrogens with zero attached hydrogens (tertiary/aromatic N) is 4. The maximum atomic E-state index is 6.16. The van der Waals surface area contributed by atoms with Gasteiger partial charge in [0.2, 0.25) is 0 Å². The summed E-state index contributed by atoms with van der Waals surface area (Å²) in [5.41, 5.74) is 7.32. The Hall–Kier alpha value is -2.35. The van der Waals surface area contributed by atoms with Crippen molar-refractivity contribution in [3.63, 3.8) is 0 Å².